The van der Waals surface area contributed by atoms with Gasteiger partial charge in [-0.25, -0.2) is 0 Å². The second-order valence-corrected chi connectivity index (χ2v) is 4.11. The summed E-state index contributed by atoms with van der Waals surface area (Å²) >= 11 is 3.52. The minimum absolute atomic E-state index is 0.720. The van der Waals surface area contributed by atoms with Gasteiger partial charge in [-0.05, 0) is 24.2 Å². The molecule has 1 aliphatic rings. The van der Waals surface area contributed by atoms with Crippen LogP contribution >= 0.6 is 15.9 Å². The quantitative estimate of drug-likeness (QED) is 0.601. The molecule has 0 heterocycles. The Morgan fingerprint density at radius 1 is 1.67 bits per heavy atom. The average Bonchev–Trinajstić information content (AvgIpc) is 2.43. The molecule has 0 aliphatic heterocycles. The van der Waals surface area contributed by atoms with Crippen LogP contribution in [0.4, 0.5) is 0 Å². The van der Waals surface area contributed by atoms with Crippen molar-refractivity contribution in [1.29, 1.82) is 0 Å². The summed E-state index contributed by atoms with van der Waals surface area (Å²) in [7, 11) is 0. The lowest BCUT2D eigenvalue weighted by Crippen LogP contribution is -1.97. The van der Waals surface area contributed by atoms with Crippen molar-refractivity contribution in [3.8, 4) is 0 Å². The summed E-state index contributed by atoms with van der Waals surface area (Å²) in [6, 6.07) is 0. The zero-order valence-electron chi connectivity index (χ0n) is 6.28. The number of halogens is 1. The van der Waals surface area contributed by atoms with Crippen LogP contribution in [-0.2, 0) is 0 Å². The third-order valence-electron chi connectivity index (χ3n) is 2.55. The Hall–Kier alpha value is 0.480. The highest BCUT2D eigenvalue weighted by atomic mass is 79.9. The van der Waals surface area contributed by atoms with Crippen molar-refractivity contribution in [1.82, 2.24) is 0 Å². The van der Waals surface area contributed by atoms with Gasteiger partial charge in [-0.15, -0.1) is 0 Å². The van der Waals surface area contributed by atoms with Gasteiger partial charge in [0, 0.05) is 5.33 Å². The molecule has 0 saturated heterocycles. The van der Waals surface area contributed by atoms with Gasteiger partial charge in [-0.3, -0.25) is 0 Å². The van der Waals surface area contributed by atoms with Gasteiger partial charge in [-0.2, -0.15) is 0 Å². The summed E-state index contributed by atoms with van der Waals surface area (Å²) < 4.78 is 0. The molecule has 1 rings (SSSR count). The molecule has 0 aromatic heterocycles. The van der Waals surface area contributed by atoms with E-state index < -0.39 is 0 Å². The topological polar surface area (TPSA) is 0 Å². The molecule has 0 spiro atoms. The maximum absolute atomic E-state index is 3.52. The van der Waals surface area contributed by atoms with Gasteiger partial charge in [0.15, 0.2) is 0 Å². The Labute approximate surface area is 66.2 Å². The van der Waals surface area contributed by atoms with Crippen molar-refractivity contribution in [2.45, 2.75) is 33.1 Å². The molecule has 1 fully saturated rings. The van der Waals surface area contributed by atoms with Crippen molar-refractivity contribution >= 4 is 15.9 Å². The van der Waals surface area contributed by atoms with Crippen molar-refractivity contribution in [2.75, 3.05) is 5.33 Å². The molecule has 1 aliphatic carbocycles. The van der Waals surface area contributed by atoms with E-state index in [1.165, 1.54) is 24.6 Å². The predicted octanol–water partition coefficient (Wildman–Crippen LogP) is 3.21. The van der Waals surface area contributed by atoms with Crippen LogP contribution in [0.5, 0.6) is 0 Å². The van der Waals surface area contributed by atoms with Gasteiger partial charge < -0.3 is 0 Å². The van der Waals surface area contributed by atoms with Gasteiger partial charge in [0.05, 0.1) is 0 Å². The van der Waals surface area contributed by atoms with Crippen molar-refractivity contribution in [3.05, 3.63) is 0 Å². The van der Waals surface area contributed by atoms with E-state index in [2.05, 4.69) is 29.8 Å². The molecule has 1 saturated carbocycles. The largest absolute Gasteiger partial charge is 0.0925 e. The lowest BCUT2D eigenvalue weighted by atomic mass is 10.0. The normalized spacial score (nSPS) is 41.0. The summed E-state index contributed by atoms with van der Waals surface area (Å²) in [4.78, 5) is 0. The molecule has 0 radical (unpaired) electrons. The highest BCUT2D eigenvalue weighted by Gasteiger charge is 2.47. The van der Waals surface area contributed by atoms with E-state index >= 15 is 0 Å². The molecule has 9 heavy (non-hydrogen) atoms. The summed E-state index contributed by atoms with van der Waals surface area (Å²) in [5.74, 6) is 0.984. The molecule has 0 nitrogen and oxygen atoms in total. The minimum Gasteiger partial charge on any atom is -0.0925 e. The fourth-order valence-corrected chi connectivity index (χ4v) is 2.63. The Bertz CT molecular complexity index is 101. The standard InChI is InChI=1S/C8H15Br/c1-3-4-8(2)5-7(8)6-9/h7H,3-6H2,1-2H3. The molecule has 2 unspecified atom stereocenters. The first-order valence-electron chi connectivity index (χ1n) is 3.79. The van der Waals surface area contributed by atoms with Gasteiger partial charge in [0.1, 0.15) is 0 Å². The smallest absolute Gasteiger partial charge is 0.00650 e. The van der Waals surface area contributed by atoms with Gasteiger partial charge in [0.2, 0.25) is 0 Å². The number of alkyl halides is 1. The first kappa shape index (κ1) is 7.59. The summed E-state index contributed by atoms with van der Waals surface area (Å²) in [6.07, 6.45) is 4.22. The van der Waals surface area contributed by atoms with Crippen molar-refractivity contribution in [3.63, 3.8) is 0 Å². The number of hydrogen-bond acceptors (Lipinski definition) is 0. The van der Waals surface area contributed by atoms with Crippen LogP contribution in [0.15, 0.2) is 0 Å². The van der Waals surface area contributed by atoms with Crippen molar-refractivity contribution in [2.24, 2.45) is 11.3 Å². The van der Waals surface area contributed by atoms with Crippen LogP contribution in [0, 0.1) is 11.3 Å². The van der Waals surface area contributed by atoms with Crippen LogP contribution < -0.4 is 0 Å². The number of rotatable bonds is 3. The van der Waals surface area contributed by atoms with Crippen LogP contribution in [0.25, 0.3) is 0 Å². The van der Waals surface area contributed by atoms with E-state index in [1.807, 2.05) is 0 Å². The Kier molecular flexibility index (Phi) is 2.20. The molecular weight excluding hydrogens is 176 g/mol. The molecule has 1 heteroatoms. The van der Waals surface area contributed by atoms with E-state index in [9.17, 15) is 0 Å². The third-order valence-corrected chi connectivity index (χ3v) is 3.33. The van der Waals surface area contributed by atoms with Crippen molar-refractivity contribution < 1.29 is 0 Å². The molecule has 2 atom stereocenters. The fraction of sp³-hybridized carbons (Fsp3) is 1.00. The van der Waals surface area contributed by atoms with Crippen LogP contribution in [0.1, 0.15) is 33.1 Å². The minimum atomic E-state index is 0.720. The lowest BCUT2D eigenvalue weighted by molar-refractivity contribution is 0.471. The summed E-state index contributed by atoms with van der Waals surface area (Å²) in [5, 5.41) is 1.21. The van der Waals surface area contributed by atoms with Gasteiger partial charge >= 0.3 is 0 Å². The Morgan fingerprint density at radius 2 is 2.33 bits per heavy atom. The van der Waals surface area contributed by atoms with E-state index in [0.29, 0.717) is 0 Å². The molecule has 0 bridgehead atoms. The first-order valence-corrected chi connectivity index (χ1v) is 4.91. The van der Waals surface area contributed by atoms with E-state index in [0.717, 1.165) is 11.3 Å². The van der Waals surface area contributed by atoms with E-state index in [4.69, 9.17) is 0 Å². The molecule has 0 aromatic carbocycles. The highest BCUT2D eigenvalue weighted by molar-refractivity contribution is 9.09. The Balaban J connectivity index is 2.25. The number of hydrogen-bond donors (Lipinski definition) is 0. The maximum Gasteiger partial charge on any atom is 0.00650 e. The average molecular weight is 191 g/mol. The van der Waals surface area contributed by atoms with E-state index in [-0.39, 0.29) is 0 Å². The SMILES string of the molecule is CCCC1(C)CC1CBr. The monoisotopic (exact) mass is 190 g/mol. The zero-order chi connectivity index (χ0) is 6.91. The molecular formula is C8H15Br. The highest BCUT2D eigenvalue weighted by Crippen LogP contribution is 2.55. The second kappa shape index (κ2) is 2.61. The second-order valence-electron chi connectivity index (χ2n) is 3.46. The van der Waals surface area contributed by atoms with Crippen LogP contribution in [-0.4, -0.2) is 5.33 Å². The third kappa shape index (κ3) is 1.49. The van der Waals surface area contributed by atoms with Gasteiger partial charge in [-0.1, -0.05) is 36.2 Å². The molecule has 54 valence electrons. The first-order chi connectivity index (χ1) is 4.23. The Morgan fingerprint density at radius 3 is 2.67 bits per heavy atom. The summed E-state index contributed by atoms with van der Waals surface area (Å²) in [6.45, 7) is 4.68. The fourth-order valence-electron chi connectivity index (χ4n) is 1.62. The van der Waals surface area contributed by atoms with Gasteiger partial charge in [0.25, 0.3) is 0 Å². The van der Waals surface area contributed by atoms with E-state index in [1.54, 1.807) is 0 Å². The van der Waals surface area contributed by atoms with Crippen LogP contribution in [0.3, 0.4) is 0 Å². The molecule has 0 N–H and O–H groups in total. The summed E-state index contributed by atoms with van der Waals surface area (Å²) in [5.41, 5.74) is 0.720. The maximum atomic E-state index is 3.52. The zero-order valence-corrected chi connectivity index (χ0v) is 7.87. The molecule has 0 amide bonds. The molecule has 0 aromatic rings. The van der Waals surface area contributed by atoms with Crippen LogP contribution in [0.2, 0.25) is 0 Å². The predicted molar refractivity (Wildman–Crippen MR) is 44.9 cm³/mol. The lowest BCUT2D eigenvalue weighted by Gasteiger charge is -2.06.